The molecule has 0 saturated carbocycles. The number of pyridine rings is 1. The van der Waals surface area contributed by atoms with Crippen molar-refractivity contribution in [1.82, 2.24) is 4.98 Å². The van der Waals surface area contributed by atoms with Crippen LogP contribution >= 0.6 is 11.3 Å². The number of para-hydroxylation sites is 2. The minimum absolute atomic E-state index is 0.197. The largest absolute Gasteiger partial charge is 0.495 e. The summed E-state index contributed by atoms with van der Waals surface area (Å²) in [6, 6.07) is 15.0. The summed E-state index contributed by atoms with van der Waals surface area (Å²) in [6.07, 6.45) is 0. The van der Waals surface area contributed by atoms with E-state index in [4.69, 9.17) is 4.74 Å². The third kappa shape index (κ3) is 3.24. The maximum atomic E-state index is 12.5. The highest BCUT2D eigenvalue weighted by Gasteiger charge is 2.13. The monoisotopic (exact) mass is 324 g/mol. The lowest BCUT2D eigenvalue weighted by Gasteiger charge is -2.11. The molecule has 1 amide bonds. The number of methoxy groups -OCH3 is 1. The van der Waals surface area contributed by atoms with E-state index in [-0.39, 0.29) is 5.91 Å². The fourth-order valence-corrected chi connectivity index (χ4v) is 3.00. The van der Waals surface area contributed by atoms with Crippen LogP contribution in [-0.2, 0) is 0 Å². The molecule has 1 aromatic carbocycles. The molecule has 0 aliphatic rings. The van der Waals surface area contributed by atoms with Gasteiger partial charge in [-0.05, 0) is 42.6 Å². The van der Waals surface area contributed by atoms with Crippen molar-refractivity contribution in [2.75, 3.05) is 12.4 Å². The molecule has 0 spiro atoms. The van der Waals surface area contributed by atoms with Gasteiger partial charge in [0.2, 0.25) is 0 Å². The number of nitrogens with zero attached hydrogens (tertiary/aromatic N) is 1. The average molecular weight is 324 g/mol. The molecule has 0 atom stereocenters. The van der Waals surface area contributed by atoms with Gasteiger partial charge in [0.05, 0.1) is 34.6 Å². The Hall–Kier alpha value is -2.66. The molecule has 116 valence electrons. The first-order chi connectivity index (χ1) is 11.2. The van der Waals surface area contributed by atoms with Crippen LogP contribution in [0, 0.1) is 6.92 Å². The summed E-state index contributed by atoms with van der Waals surface area (Å²) >= 11 is 1.63. The maximum Gasteiger partial charge on any atom is 0.257 e. The highest BCUT2D eigenvalue weighted by Crippen LogP contribution is 2.26. The molecule has 2 aromatic heterocycles. The van der Waals surface area contributed by atoms with Crippen molar-refractivity contribution in [3.63, 3.8) is 0 Å². The van der Waals surface area contributed by atoms with Crippen molar-refractivity contribution in [2.45, 2.75) is 6.92 Å². The summed E-state index contributed by atoms with van der Waals surface area (Å²) in [7, 11) is 1.58. The standard InChI is InChI=1S/C18H16N2O2S/c1-12-13(9-10-15(19-12)17-8-5-11-23-17)18(21)20-14-6-3-4-7-16(14)22-2/h3-11H,1-2H3,(H,20,21). The van der Waals surface area contributed by atoms with Gasteiger partial charge in [0.15, 0.2) is 0 Å². The van der Waals surface area contributed by atoms with Gasteiger partial charge in [0.1, 0.15) is 5.75 Å². The van der Waals surface area contributed by atoms with Crippen molar-refractivity contribution in [3.05, 3.63) is 65.2 Å². The predicted molar refractivity (Wildman–Crippen MR) is 93.2 cm³/mol. The first kappa shape index (κ1) is 15.2. The zero-order valence-electron chi connectivity index (χ0n) is 12.9. The minimum atomic E-state index is -0.197. The van der Waals surface area contributed by atoms with Gasteiger partial charge in [0, 0.05) is 0 Å². The fourth-order valence-electron chi connectivity index (χ4n) is 2.30. The molecule has 0 bridgehead atoms. The van der Waals surface area contributed by atoms with Crippen molar-refractivity contribution in [2.24, 2.45) is 0 Å². The van der Waals surface area contributed by atoms with Crippen LogP contribution in [0.5, 0.6) is 5.75 Å². The van der Waals surface area contributed by atoms with Crippen LogP contribution in [0.15, 0.2) is 53.9 Å². The third-order valence-electron chi connectivity index (χ3n) is 3.46. The van der Waals surface area contributed by atoms with Crippen molar-refractivity contribution >= 4 is 22.9 Å². The average Bonchev–Trinajstić information content (AvgIpc) is 3.09. The number of carbonyl (C=O) groups excluding carboxylic acids is 1. The minimum Gasteiger partial charge on any atom is -0.495 e. The topological polar surface area (TPSA) is 51.2 Å². The molecule has 3 aromatic rings. The number of nitrogens with one attached hydrogen (secondary N) is 1. The van der Waals surface area contributed by atoms with Crippen LogP contribution in [0.25, 0.3) is 10.6 Å². The van der Waals surface area contributed by atoms with Crippen molar-refractivity contribution in [1.29, 1.82) is 0 Å². The zero-order valence-corrected chi connectivity index (χ0v) is 13.7. The van der Waals surface area contributed by atoms with E-state index in [1.165, 1.54) is 0 Å². The number of amides is 1. The van der Waals surface area contributed by atoms with Crippen molar-refractivity contribution < 1.29 is 9.53 Å². The molecule has 0 unspecified atom stereocenters. The number of rotatable bonds is 4. The molecule has 0 aliphatic carbocycles. The Balaban J connectivity index is 1.85. The third-order valence-corrected chi connectivity index (χ3v) is 4.35. The van der Waals surface area contributed by atoms with Crippen LogP contribution < -0.4 is 10.1 Å². The number of anilines is 1. The van der Waals surface area contributed by atoms with Crippen LogP contribution in [0.4, 0.5) is 5.69 Å². The Labute approximate surface area is 138 Å². The van der Waals surface area contributed by atoms with Gasteiger partial charge >= 0.3 is 0 Å². The first-order valence-corrected chi connectivity index (χ1v) is 8.03. The Kier molecular flexibility index (Phi) is 4.39. The van der Waals surface area contributed by atoms with E-state index in [0.717, 1.165) is 10.6 Å². The second-order valence-electron chi connectivity index (χ2n) is 4.96. The normalized spacial score (nSPS) is 10.3. The second-order valence-corrected chi connectivity index (χ2v) is 5.91. The van der Waals surface area contributed by atoms with Gasteiger partial charge in [-0.15, -0.1) is 11.3 Å². The van der Waals surface area contributed by atoms with E-state index in [9.17, 15) is 4.79 Å². The van der Waals surface area contributed by atoms with E-state index < -0.39 is 0 Å². The van der Waals surface area contributed by atoms with Gasteiger partial charge in [0.25, 0.3) is 5.91 Å². The van der Waals surface area contributed by atoms with Gasteiger partial charge in [-0.25, -0.2) is 0 Å². The molecule has 3 rings (SSSR count). The van der Waals surface area contributed by atoms with Gasteiger partial charge in [-0.3, -0.25) is 9.78 Å². The lowest BCUT2D eigenvalue weighted by molar-refractivity contribution is 0.102. The van der Waals surface area contributed by atoms with Gasteiger partial charge in [-0.2, -0.15) is 0 Å². The van der Waals surface area contributed by atoms with E-state index in [2.05, 4.69) is 10.3 Å². The lowest BCUT2D eigenvalue weighted by atomic mass is 10.1. The number of thiophene rings is 1. The lowest BCUT2D eigenvalue weighted by Crippen LogP contribution is -2.14. The van der Waals surface area contributed by atoms with Gasteiger partial charge < -0.3 is 10.1 Å². The predicted octanol–water partition coefficient (Wildman–Crippen LogP) is 4.38. The number of ether oxygens (including phenoxy) is 1. The summed E-state index contributed by atoms with van der Waals surface area (Å²) in [5.41, 5.74) is 2.77. The summed E-state index contributed by atoms with van der Waals surface area (Å²) in [5, 5.41) is 4.88. The molecule has 23 heavy (non-hydrogen) atoms. The SMILES string of the molecule is COc1ccccc1NC(=O)c1ccc(-c2cccs2)nc1C. The number of benzene rings is 1. The van der Waals surface area contributed by atoms with E-state index in [1.54, 1.807) is 30.6 Å². The fraction of sp³-hybridized carbons (Fsp3) is 0.111. The Morgan fingerprint density at radius 2 is 1.96 bits per heavy atom. The molecule has 0 aliphatic heterocycles. The quantitative estimate of drug-likeness (QED) is 0.775. The number of carbonyl (C=O) groups is 1. The summed E-state index contributed by atoms with van der Waals surface area (Å²) in [6.45, 7) is 1.84. The first-order valence-electron chi connectivity index (χ1n) is 7.15. The highest BCUT2D eigenvalue weighted by atomic mass is 32.1. The van der Waals surface area contributed by atoms with Crippen LogP contribution in [0.2, 0.25) is 0 Å². The van der Waals surface area contributed by atoms with Crippen LogP contribution in [0.1, 0.15) is 16.1 Å². The number of aromatic nitrogens is 1. The molecular weight excluding hydrogens is 308 g/mol. The smallest absolute Gasteiger partial charge is 0.257 e. The molecule has 2 heterocycles. The second kappa shape index (κ2) is 6.62. The van der Waals surface area contributed by atoms with Crippen LogP contribution in [-0.4, -0.2) is 18.0 Å². The highest BCUT2D eigenvalue weighted by molar-refractivity contribution is 7.13. The number of hydrogen-bond acceptors (Lipinski definition) is 4. The number of aryl methyl sites for hydroxylation is 1. The Morgan fingerprint density at radius 3 is 2.65 bits per heavy atom. The summed E-state index contributed by atoms with van der Waals surface area (Å²) < 4.78 is 5.25. The molecular formula is C18H16N2O2S. The van der Waals surface area contributed by atoms with Gasteiger partial charge in [-0.1, -0.05) is 18.2 Å². The van der Waals surface area contributed by atoms with Crippen molar-refractivity contribution in [3.8, 4) is 16.3 Å². The van der Waals surface area contributed by atoms with E-state index >= 15 is 0 Å². The van der Waals surface area contributed by atoms with Crippen LogP contribution in [0.3, 0.4) is 0 Å². The molecule has 1 N–H and O–H groups in total. The molecule has 0 radical (unpaired) electrons. The summed E-state index contributed by atoms with van der Waals surface area (Å²) in [4.78, 5) is 18.1. The molecule has 0 fully saturated rings. The summed E-state index contributed by atoms with van der Waals surface area (Å²) in [5.74, 6) is 0.430. The Morgan fingerprint density at radius 1 is 1.13 bits per heavy atom. The number of hydrogen-bond donors (Lipinski definition) is 1. The zero-order chi connectivity index (χ0) is 16.2. The molecule has 4 nitrogen and oxygen atoms in total. The molecule has 5 heteroatoms. The maximum absolute atomic E-state index is 12.5. The Bertz CT molecular complexity index is 829. The van der Waals surface area contributed by atoms with E-state index in [1.807, 2.05) is 48.7 Å². The van der Waals surface area contributed by atoms with E-state index in [0.29, 0.717) is 22.7 Å². The molecule has 0 saturated heterocycles.